The number of pyridine rings is 2. The molecule has 4 rings (SSSR count). The Bertz CT molecular complexity index is 904. The molecule has 0 radical (unpaired) electrons. The first-order valence-electron chi connectivity index (χ1n) is 9.05. The summed E-state index contributed by atoms with van der Waals surface area (Å²) in [5, 5.41) is 9.32. The molecule has 0 spiro atoms. The number of fused-ring (bicyclic) bond motifs is 1. The minimum absolute atomic E-state index is 0.295. The second-order valence-electron chi connectivity index (χ2n) is 6.85. The lowest BCUT2D eigenvalue weighted by molar-refractivity contribution is 0.202. The molecular weight excluding hydrogens is 322 g/mol. The van der Waals surface area contributed by atoms with Gasteiger partial charge in [-0.05, 0) is 50.0 Å². The van der Waals surface area contributed by atoms with Gasteiger partial charge in [0, 0.05) is 37.6 Å². The predicted octanol–water partition coefficient (Wildman–Crippen LogP) is 2.36. The van der Waals surface area contributed by atoms with Crippen LogP contribution in [0.4, 0.5) is 5.82 Å². The first-order valence-corrected chi connectivity index (χ1v) is 9.05. The summed E-state index contributed by atoms with van der Waals surface area (Å²) < 4.78 is 0. The maximum absolute atomic E-state index is 9.32. The Morgan fingerprint density at radius 1 is 1.15 bits per heavy atom. The lowest BCUT2D eigenvalue weighted by atomic mass is 10.1. The predicted molar refractivity (Wildman–Crippen MR) is 101 cm³/mol. The average Bonchev–Trinajstić information content (AvgIpc) is 3.08. The van der Waals surface area contributed by atoms with Crippen molar-refractivity contribution in [2.75, 3.05) is 24.5 Å². The molecule has 0 bridgehead atoms. The third-order valence-electron chi connectivity index (χ3n) is 5.16. The molecular formula is C21H21N5. The maximum Gasteiger partial charge on any atom is 0.146 e. The van der Waals surface area contributed by atoms with E-state index in [4.69, 9.17) is 0 Å². The largest absolute Gasteiger partial charge is 0.353 e. The van der Waals surface area contributed by atoms with Gasteiger partial charge in [0.1, 0.15) is 17.6 Å². The Labute approximate surface area is 154 Å². The molecule has 2 fully saturated rings. The van der Waals surface area contributed by atoms with Gasteiger partial charge in [-0.3, -0.25) is 4.90 Å². The smallest absolute Gasteiger partial charge is 0.146 e. The highest BCUT2D eigenvalue weighted by Gasteiger charge is 2.37. The Hall–Kier alpha value is -2.89. The van der Waals surface area contributed by atoms with Gasteiger partial charge in [-0.25, -0.2) is 9.97 Å². The van der Waals surface area contributed by atoms with Gasteiger partial charge in [0.2, 0.25) is 0 Å². The first kappa shape index (κ1) is 16.6. The molecule has 0 aromatic carbocycles. The average molecular weight is 343 g/mol. The highest BCUT2D eigenvalue weighted by molar-refractivity contribution is 5.54. The summed E-state index contributed by atoms with van der Waals surface area (Å²) in [4.78, 5) is 13.7. The second-order valence-corrected chi connectivity index (χ2v) is 6.85. The number of nitriles is 1. The zero-order chi connectivity index (χ0) is 17.9. The van der Waals surface area contributed by atoms with Crippen LogP contribution in [0.25, 0.3) is 0 Å². The minimum atomic E-state index is 0.295. The van der Waals surface area contributed by atoms with Crippen LogP contribution >= 0.6 is 0 Å². The SMILES string of the molecule is Cc1cccc(C#CC2CC[C@H]3CN(c4ncccc4C#N)CCN23)n1. The summed E-state index contributed by atoms with van der Waals surface area (Å²) in [6, 6.07) is 12.6. The van der Waals surface area contributed by atoms with Gasteiger partial charge < -0.3 is 4.90 Å². The summed E-state index contributed by atoms with van der Waals surface area (Å²) in [5.74, 6) is 7.49. The number of piperazine rings is 1. The molecule has 0 aliphatic carbocycles. The normalized spacial score (nSPS) is 22.2. The van der Waals surface area contributed by atoms with E-state index in [-0.39, 0.29) is 0 Å². The van der Waals surface area contributed by atoms with Gasteiger partial charge in [0.25, 0.3) is 0 Å². The molecule has 0 N–H and O–H groups in total. The van der Waals surface area contributed by atoms with Gasteiger partial charge in [0.05, 0.1) is 11.6 Å². The lowest BCUT2D eigenvalue weighted by Crippen LogP contribution is -2.52. The Balaban J connectivity index is 1.47. The summed E-state index contributed by atoms with van der Waals surface area (Å²) in [7, 11) is 0. The van der Waals surface area contributed by atoms with E-state index in [9.17, 15) is 5.26 Å². The highest BCUT2D eigenvalue weighted by atomic mass is 15.3. The van der Waals surface area contributed by atoms with Gasteiger partial charge in [0.15, 0.2) is 0 Å². The van der Waals surface area contributed by atoms with E-state index in [1.807, 2.05) is 37.3 Å². The van der Waals surface area contributed by atoms with Crippen molar-refractivity contribution in [1.82, 2.24) is 14.9 Å². The minimum Gasteiger partial charge on any atom is -0.353 e. The van der Waals surface area contributed by atoms with E-state index in [1.54, 1.807) is 6.20 Å². The van der Waals surface area contributed by atoms with Crippen LogP contribution in [-0.2, 0) is 0 Å². The zero-order valence-corrected chi connectivity index (χ0v) is 14.9. The molecule has 2 saturated heterocycles. The molecule has 0 saturated carbocycles. The van der Waals surface area contributed by atoms with Crippen LogP contribution < -0.4 is 4.90 Å². The van der Waals surface area contributed by atoms with Crippen molar-refractivity contribution in [3.63, 3.8) is 0 Å². The van der Waals surface area contributed by atoms with Gasteiger partial charge >= 0.3 is 0 Å². The highest BCUT2D eigenvalue weighted by Crippen LogP contribution is 2.29. The molecule has 2 aromatic heterocycles. The van der Waals surface area contributed by atoms with Crippen molar-refractivity contribution in [1.29, 1.82) is 5.26 Å². The van der Waals surface area contributed by atoms with Crippen LogP contribution in [0.5, 0.6) is 0 Å². The van der Waals surface area contributed by atoms with Crippen molar-refractivity contribution in [2.24, 2.45) is 0 Å². The first-order chi connectivity index (χ1) is 12.7. The number of hydrogen-bond donors (Lipinski definition) is 0. The van der Waals surface area contributed by atoms with Gasteiger partial charge in [-0.15, -0.1) is 0 Å². The summed E-state index contributed by atoms with van der Waals surface area (Å²) >= 11 is 0. The monoisotopic (exact) mass is 343 g/mol. The molecule has 26 heavy (non-hydrogen) atoms. The number of aryl methyl sites for hydroxylation is 1. The van der Waals surface area contributed by atoms with Crippen molar-refractivity contribution in [3.8, 4) is 17.9 Å². The van der Waals surface area contributed by atoms with E-state index < -0.39 is 0 Å². The van der Waals surface area contributed by atoms with E-state index in [0.717, 1.165) is 49.7 Å². The third kappa shape index (κ3) is 3.27. The Morgan fingerprint density at radius 3 is 2.92 bits per heavy atom. The number of rotatable bonds is 1. The molecule has 2 aromatic rings. The van der Waals surface area contributed by atoms with Crippen LogP contribution in [0.1, 0.15) is 29.8 Å². The second kappa shape index (κ2) is 7.15. The van der Waals surface area contributed by atoms with E-state index in [2.05, 4.69) is 37.7 Å². The number of nitrogens with zero attached hydrogens (tertiary/aromatic N) is 5. The van der Waals surface area contributed by atoms with Crippen molar-refractivity contribution in [2.45, 2.75) is 31.8 Å². The summed E-state index contributed by atoms with van der Waals surface area (Å²) in [5.41, 5.74) is 2.50. The summed E-state index contributed by atoms with van der Waals surface area (Å²) in [6.07, 6.45) is 3.98. The van der Waals surface area contributed by atoms with Gasteiger partial charge in [-0.1, -0.05) is 12.0 Å². The van der Waals surface area contributed by atoms with Crippen LogP contribution in [0.15, 0.2) is 36.5 Å². The molecule has 0 amide bonds. The molecule has 2 atom stereocenters. The fraction of sp³-hybridized carbons (Fsp3) is 0.381. The topological polar surface area (TPSA) is 56.1 Å². The molecule has 4 heterocycles. The Kier molecular flexibility index (Phi) is 4.56. The summed E-state index contributed by atoms with van der Waals surface area (Å²) in [6.45, 7) is 4.73. The van der Waals surface area contributed by atoms with Crippen molar-refractivity contribution in [3.05, 3.63) is 53.5 Å². The van der Waals surface area contributed by atoms with Gasteiger partial charge in [-0.2, -0.15) is 5.26 Å². The molecule has 5 heteroatoms. The fourth-order valence-electron chi connectivity index (χ4n) is 3.91. The number of anilines is 1. The van der Waals surface area contributed by atoms with E-state index in [0.29, 0.717) is 17.6 Å². The standard InChI is InChI=1S/C21H21N5/c1-16-4-2-6-18(24-16)7-8-19-9-10-20-15-25(12-13-26(19)20)21-17(14-22)5-3-11-23-21/h2-6,11,19-20H,9-10,12-13,15H2,1H3/t19?,20-/m0/s1. The van der Waals surface area contributed by atoms with Crippen LogP contribution in [0, 0.1) is 30.1 Å². The number of aromatic nitrogens is 2. The van der Waals surface area contributed by atoms with Crippen LogP contribution in [0.3, 0.4) is 0 Å². The van der Waals surface area contributed by atoms with Crippen molar-refractivity contribution < 1.29 is 0 Å². The fourth-order valence-corrected chi connectivity index (χ4v) is 3.91. The van der Waals surface area contributed by atoms with Crippen molar-refractivity contribution >= 4 is 5.82 Å². The number of hydrogen-bond acceptors (Lipinski definition) is 5. The quantitative estimate of drug-likeness (QED) is 0.744. The van der Waals surface area contributed by atoms with E-state index in [1.165, 1.54) is 0 Å². The molecule has 2 aliphatic rings. The lowest BCUT2D eigenvalue weighted by Gasteiger charge is -2.39. The molecule has 130 valence electrons. The Morgan fingerprint density at radius 2 is 2.08 bits per heavy atom. The molecule has 5 nitrogen and oxygen atoms in total. The maximum atomic E-state index is 9.32. The zero-order valence-electron chi connectivity index (χ0n) is 14.9. The van der Waals surface area contributed by atoms with Crippen LogP contribution in [-0.4, -0.2) is 46.6 Å². The third-order valence-corrected chi connectivity index (χ3v) is 5.16. The van der Waals surface area contributed by atoms with E-state index >= 15 is 0 Å². The molecule has 1 unspecified atom stereocenters. The van der Waals surface area contributed by atoms with Crippen LogP contribution in [0.2, 0.25) is 0 Å². The molecule has 2 aliphatic heterocycles.